The van der Waals surface area contributed by atoms with E-state index in [4.69, 9.17) is 9.47 Å². The number of hydrogen-bond donors (Lipinski definition) is 2. The zero-order valence-corrected chi connectivity index (χ0v) is 17.7. The van der Waals surface area contributed by atoms with Crippen molar-refractivity contribution in [2.24, 2.45) is 0 Å². The summed E-state index contributed by atoms with van der Waals surface area (Å²) in [7, 11) is 1.58. The topological polar surface area (TPSA) is 97.3 Å². The molecule has 4 heterocycles. The molecule has 2 N–H and O–H groups in total. The summed E-state index contributed by atoms with van der Waals surface area (Å²) in [6, 6.07) is 8.13. The predicted molar refractivity (Wildman–Crippen MR) is 117 cm³/mol. The van der Waals surface area contributed by atoms with E-state index < -0.39 is 0 Å². The van der Waals surface area contributed by atoms with Gasteiger partial charge in [-0.05, 0) is 26.0 Å². The molecule has 2 aliphatic rings. The van der Waals surface area contributed by atoms with Crippen LogP contribution in [0.5, 0.6) is 5.88 Å². The van der Waals surface area contributed by atoms with E-state index in [0.29, 0.717) is 5.88 Å². The zero-order chi connectivity index (χ0) is 21.4. The molecule has 0 amide bonds. The standard InChI is InChI=1S/C22H25N7O2/c1-13-10-29(11-14(2)31-13)20-7-18(25-12-26-20)22-16-6-15(4-5-17(16)27-28-22)19-8-24-21(30-3)9-23-19/h4-9,12-14,22,27-28H,10-11H2,1-3H3/t13-,14+,22-/m1/s1. The fraction of sp³-hybridized carbons (Fsp3) is 0.364. The van der Waals surface area contributed by atoms with Crippen molar-refractivity contribution in [3.63, 3.8) is 0 Å². The summed E-state index contributed by atoms with van der Waals surface area (Å²) in [6.07, 6.45) is 5.31. The number of benzene rings is 1. The van der Waals surface area contributed by atoms with Gasteiger partial charge in [0.05, 0.1) is 54.8 Å². The number of fused-ring (bicyclic) bond motifs is 1. The van der Waals surface area contributed by atoms with Crippen LogP contribution in [0, 0.1) is 0 Å². The van der Waals surface area contributed by atoms with Crippen molar-refractivity contribution < 1.29 is 9.47 Å². The van der Waals surface area contributed by atoms with Crippen LogP contribution in [-0.4, -0.2) is 52.3 Å². The van der Waals surface area contributed by atoms with Crippen molar-refractivity contribution in [1.29, 1.82) is 0 Å². The van der Waals surface area contributed by atoms with Crippen molar-refractivity contribution in [1.82, 2.24) is 25.4 Å². The maximum absolute atomic E-state index is 5.86. The molecule has 0 bridgehead atoms. The molecule has 0 aliphatic carbocycles. The maximum Gasteiger partial charge on any atom is 0.232 e. The van der Waals surface area contributed by atoms with Gasteiger partial charge < -0.3 is 19.8 Å². The van der Waals surface area contributed by atoms with E-state index in [9.17, 15) is 0 Å². The number of rotatable bonds is 4. The summed E-state index contributed by atoms with van der Waals surface area (Å²) in [5.41, 5.74) is 11.4. The van der Waals surface area contributed by atoms with Gasteiger partial charge in [0.2, 0.25) is 5.88 Å². The molecule has 9 nitrogen and oxygen atoms in total. The van der Waals surface area contributed by atoms with Gasteiger partial charge in [0.15, 0.2) is 0 Å². The summed E-state index contributed by atoms with van der Waals surface area (Å²) < 4.78 is 11.0. The van der Waals surface area contributed by atoms with E-state index >= 15 is 0 Å². The van der Waals surface area contributed by atoms with E-state index in [1.165, 1.54) is 0 Å². The Balaban J connectivity index is 1.44. The average molecular weight is 419 g/mol. The first kappa shape index (κ1) is 19.7. The molecule has 3 aromatic rings. The van der Waals surface area contributed by atoms with Crippen LogP contribution < -0.4 is 20.5 Å². The van der Waals surface area contributed by atoms with Crippen LogP contribution in [0.1, 0.15) is 31.1 Å². The third-order valence-corrected chi connectivity index (χ3v) is 5.56. The lowest BCUT2D eigenvalue weighted by molar-refractivity contribution is -0.00547. The molecule has 2 aromatic heterocycles. The molecule has 0 radical (unpaired) electrons. The summed E-state index contributed by atoms with van der Waals surface area (Å²) in [6.45, 7) is 5.81. The largest absolute Gasteiger partial charge is 0.480 e. The van der Waals surface area contributed by atoms with Gasteiger partial charge in [0.1, 0.15) is 12.1 Å². The highest BCUT2D eigenvalue weighted by Gasteiger charge is 2.28. The number of nitrogens with zero attached hydrogens (tertiary/aromatic N) is 5. The molecule has 1 fully saturated rings. The molecular formula is C22H25N7O2. The normalized spacial score (nSPS) is 22.7. The van der Waals surface area contributed by atoms with E-state index in [2.05, 4.69) is 61.7 Å². The van der Waals surface area contributed by atoms with Gasteiger partial charge in [-0.2, -0.15) is 0 Å². The van der Waals surface area contributed by atoms with Gasteiger partial charge >= 0.3 is 0 Å². The molecule has 160 valence electrons. The number of morpholine rings is 1. The maximum atomic E-state index is 5.86. The number of aromatic nitrogens is 4. The van der Waals surface area contributed by atoms with Crippen molar-refractivity contribution in [3.8, 4) is 17.1 Å². The highest BCUT2D eigenvalue weighted by molar-refractivity contribution is 5.68. The molecule has 31 heavy (non-hydrogen) atoms. The van der Waals surface area contributed by atoms with Crippen molar-refractivity contribution in [3.05, 3.63) is 54.2 Å². The van der Waals surface area contributed by atoms with Gasteiger partial charge in [-0.25, -0.2) is 25.4 Å². The molecule has 1 saturated heterocycles. The quantitative estimate of drug-likeness (QED) is 0.661. The molecule has 0 unspecified atom stereocenters. The smallest absolute Gasteiger partial charge is 0.232 e. The van der Waals surface area contributed by atoms with Crippen LogP contribution in [0.2, 0.25) is 0 Å². The molecule has 9 heteroatoms. The Bertz CT molecular complexity index is 1070. The second-order valence-electron chi connectivity index (χ2n) is 7.91. The lowest BCUT2D eigenvalue weighted by atomic mass is 10.00. The molecule has 3 atom stereocenters. The van der Waals surface area contributed by atoms with Gasteiger partial charge in [-0.3, -0.25) is 0 Å². The number of nitrogens with one attached hydrogen (secondary N) is 2. The molecule has 0 saturated carbocycles. The van der Waals surface area contributed by atoms with E-state index in [1.807, 2.05) is 12.1 Å². The van der Waals surface area contributed by atoms with Crippen molar-refractivity contribution in [2.75, 3.05) is 30.5 Å². The van der Waals surface area contributed by atoms with E-state index in [-0.39, 0.29) is 18.2 Å². The average Bonchev–Trinajstić information content (AvgIpc) is 3.22. The number of anilines is 2. The van der Waals surface area contributed by atoms with Crippen LogP contribution in [0.15, 0.2) is 43.0 Å². The third-order valence-electron chi connectivity index (χ3n) is 5.56. The highest BCUT2D eigenvalue weighted by atomic mass is 16.5. The summed E-state index contributed by atoms with van der Waals surface area (Å²) in [5, 5.41) is 0. The third kappa shape index (κ3) is 3.89. The Hall–Kier alpha value is -3.30. The predicted octanol–water partition coefficient (Wildman–Crippen LogP) is 2.58. The SMILES string of the molecule is COc1cnc(-c2ccc3c(c2)[C@H](c2cc(N4C[C@@H](C)O[C@@H](C)C4)ncn2)NN3)cn1. The second kappa shape index (κ2) is 8.09. The molecule has 5 rings (SSSR count). The monoisotopic (exact) mass is 419 g/mol. The van der Waals surface area contributed by atoms with Crippen LogP contribution in [0.25, 0.3) is 11.3 Å². The first-order valence-electron chi connectivity index (χ1n) is 10.3. The second-order valence-corrected chi connectivity index (χ2v) is 7.91. The van der Waals surface area contributed by atoms with Crippen LogP contribution >= 0.6 is 0 Å². The van der Waals surface area contributed by atoms with Crippen LogP contribution in [-0.2, 0) is 4.74 Å². The summed E-state index contributed by atoms with van der Waals surface area (Å²) >= 11 is 0. The molecule has 2 aliphatic heterocycles. The fourth-order valence-electron chi connectivity index (χ4n) is 4.16. The minimum absolute atomic E-state index is 0.0983. The summed E-state index contributed by atoms with van der Waals surface area (Å²) in [5.74, 6) is 1.41. The Labute approximate surface area is 180 Å². The molecule has 1 aromatic carbocycles. The molecule has 0 spiro atoms. The fourth-order valence-corrected chi connectivity index (χ4v) is 4.16. The Morgan fingerprint density at radius 3 is 2.61 bits per heavy atom. The van der Waals surface area contributed by atoms with Gasteiger partial charge in [-0.1, -0.05) is 6.07 Å². The van der Waals surface area contributed by atoms with E-state index in [1.54, 1.807) is 25.8 Å². The number of ether oxygens (including phenoxy) is 2. The first-order valence-corrected chi connectivity index (χ1v) is 10.3. The van der Waals surface area contributed by atoms with E-state index in [0.717, 1.165) is 47.1 Å². The number of methoxy groups -OCH3 is 1. The Kier molecular flexibility index (Phi) is 5.13. The minimum atomic E-state index is -0.0983. The highest BCUT2D eigenvalue weighted by Crippen LogP contribution is 2.36. The summed E-state index contributed by atoms with van der Waals surface area (Å²) in [4.78, 5) is 20.1. The number of hydrogen-bond acceptors (Lipinski definition) is 9. The Morgan fingerprint density at radius 1 is 1.03 bits per heavy atom. The lowest BCUT2D eigenvalue weighted by Crippen LogP contribution is -2.45. The van der Waals surface area contributed by atoms with Crippen LogP contribution in [0.4, 0.5) is 11.5 Å². The minimum Gasteiger partial charge on any atom is -0.480 e. The van der Waals surface area contributed by atoms with Gasteiger partial charge in [0, 0.05) is 30.3 Å². The Morgan fingerprint density at radius 2 is 1.87 bits per heavy atom. The molecular weight excluding hydrogens is 394 g/mol. The lowest BCUT2D eigenvalue weighted by Gasteiger charge is -2.36. The van der Waals surface area contributed by atoms with Gasteiger partial charge in [-0.15, -0.1) is 0 Å². The van der Waals surface area contributed by atoms with Crippen LogP contribution in [0.3, 0.4) is 0 Å². The zero-order valence-electron chi connectivity index (χ0n) is 17.7. The van der Waals surface area contributed by atoms with Gasteiger partial charge in [0.25, 0.3) is 0 Å². The van der Waals surface area contributed by atoms with Crippen molar-refractivity contribution in [2.45, 2.75) is 32.1 Å². The first-order chi connectivity index (χ1) is 15.1. The van der Waals surface area contributed by atoms with Crippen molar-refractivity contribution >= 4 is 11.5 Å². The number of hydrazine groups is 1.